The summed E-state index contributed by atoms with van der Waals surface area (Å²) < 4.78 is 6.65. The Hall–Kier alpha value is -1.55. The molecule has 2 rings (SSSR count). The Morgan fingerprint density at radius 2 is 1.95 bits per heavy atom. The van der Waals surface area contributed by atoms with E-state index >= 15 is 0 Å². The Labute approximate surface area is 128 Å². The summed E-state index contributed by atoms with van der Waals surface area (Å²) in [5.74, 6) is 0.658. The highest BCUT2D eigenvalue weighted by atomic mass is 79.9. The third-order valence-corrected chi connectivity index (χ3v) is 3.59. The SMILES string of the molecule is CCOc1ncccc1NC(CC)c1ccc(Br)cc1. The number of benzene rings is 1. The van der Waals surface area contributed by atoms with Gasteiger partial charge in [-0.05, 0) is 43.2 Å². The molecule has 0 radical (unpaired) electrons. The summed E-state index contributed by atoms with van der Waals surface area (Å²) in [6, 6.07) is 12.5. The minimum atomic E-state index is 0.242. The van der Waals surface area contributed by atoms with Crippen LogP contribution in [0.2, 0.25) is 0 Å². The van der Waals surface area contributed by atoms with Crippen molar-refractivity contribution in [3.05, 3.63) is 52.6 Å². The van der Waals surface area contributed by atoms with Crippen LogP contribution < -0.4 is 10.1 Å². The molecular weight excluding hydrogens is 316 g/mol. The number of hydrogen-bond acceptors (Lipinski definition) is 3. The smallest absolute Gasteiger partial charge is 0.237 e. The van der Waals surface area contributed by atoms with Crippen LogP contribution in [0.5, 0.6) is 5.88 Å². The van der Waals surface area contributed by atoms with Gasteiger partial charge in [-0.2, -0.15) is 0 Å². The molecule has 4 heteroatoms. The van der Waals surface area contributed by atoms with Crippen molar-refractivity contribution in [2.24, 2.45) is 0 Å². The lowest BCUT2D eigenvalue weighted by Gasteiger charge is -2.20. The van der Waals surface area contributed by atoms with Gasteiger partial charge in [-0.15, -0.1) is 0 Å². The fourth-order valence-corrected chi connectivity index (χ4v) is 2.32. The fraction of sp³-hybridized carbons (Fsp3) is 0.312. The van der Waals surface area contributed by atoms with Crippen LogP contribution in [0.3, 0.4) is 0 Å². The summed E-state index contributed by atoms with van der Waals surface area (Å²) in [7, 11) is 0. The molecule has 1 heterocycles. The number of rotatable bonds is 6. The second-order valence-corrected chi connectivity index (χ2v) is 5.36. The van der Waals surface area contributed by atoms with Gasteiger partial charge in [-0.1, -0.05) is 35.0 Å². The van der Waals surface area contributed by atoms with E-state index in [2.05, 4.69) is 57.4 Å². The molecular formula is C16H19BrN2O. The van der Waals surface area contributed by atoms with Crippen LogP contribution >= 0.6 is 15.9 Å². The van der Waals surface area contributed by atoms with Gasteiger partial charge in [0.25, 0.3) is 0 Å². The van der Waals surface area contributed by atoms with Crippen molar-refractivity contribution in [2.75, 3.05) is 11.9 Å². The first-order valence-corrected chi connectivity index (χ1v) is 7.63. The van der Waals surface area contributed by atoms with E-state index < -0.39 is 0 Å². The highest BCUT2D eigenvalue weighted by Crippen LogP contribution is 2.28. The first kappa shape index (κ1) is 14.9. The first-order chi connectivity index (χ1) is 9.74. The number of nitrogens with one attached hydrogen (secondary N) is 1. The molecule has 2 aromatic rings. The number of anilines is 1. The zero-order valence-electron chi connectivity index (χ0n) is 11.8. The van der Waals surface area contributed by atoms with Gasteiger partial charge in [-0.25, -0.2) is 4.98 Å². The predicted molar refractivity (Wildman–Crippen MR) is 86.2 cm³/mol. The number of halogens is 1. The predicted octanol–water partition coefficient (Wildman–Crippen LogP) is 4.81. The molecule has 0 aliphatic heterocycles. The Morgan fingerprint density at radius 1 is 1.20 bits per heavy atom. The topological polar surface area (TPSA) is 34.1 Å². The molecule has 0 bridgehead atoms. The molecule has 1 aromatic carbocycles. The lowest BCUT2D eigenvalue weighted by atomic mass is 10.0. The first-order valence-electron chi connectivity index (χ1n) is 6.84. The average Bonchev–Trinajstić information content (AvgIpc) is 2.48. The molecule has 0 fully saturated rings. The van der Waals surface area contributed by atoms with Gasteiger partial charge in [0.1, 0.15) is 0 Å². The van der Waals surface area contributed by atoms with Crippen LogP contribution in [0.25, 0.3) is 0 Å². The van der Waals surface area contributed by atoms with Gasteiger partial charge in [0.15, 0.2) is 0 Å². The van der Waals surface area contributed by atoms with E-state index in [-0.39, 0.29) is 6.04 Å². The van der Waals surface area contributed by atoms with Gasteiger partial charge >= 0.3 is 0 Å². The number of nitrogens with zero attached hydrogens (tertiary/aromatic N) is 1. The molecule has 20 heavy (non-hydrogen) atoms. The molecule has 0 aliphatic carbocycles. The maximum atomic E-state index is 5.56. The van der Waals surface area contributed by atoms with E-state index in [0.717, 1.165) is 16.6 Å². The summed E-state index contributed by atoms with van der Waals surface area (Å²) in [5, 5.41) is 3.52. The monoisotopic (exact) mass is 334 g/mol. The van der Waals surface area contributed by atoms with Crippen molar-refractivity contribution in [3.63, 3.8) is 0 Å². The molecule has 0 amide bonds. The zero-order chi connectivity index (χ0) is 14.4. The second-order valence-electron chi connectivity index (χ2n) is 4.45. The van der Waals surface area contributed by atoms with E-state index in [4.69, 9.17) is 4.74 Å². The Kier molecular flexibility index (Phi) is 5.41. The maximum Gasteiger partial charge on any atom is 0.237 e. The molecule has 106 valence electrons. The zero-order valence-corrected chi connectivity index (χ0v) is 13.4. The number of hydrogen-bond donors (Lipinski definition) is 1. The summed E-state index contributed by atoms with van der Waals surface area (Å²) in [6.45, 7) is 4.74. The Bertz CT molecular complexity index is 542. The van der Waals surface area contributed by atoms with Crippen molar-refractivity contribution in [1.29, 1.82) is 0 Å². The molecule has 0 saturated carbocycles. The minimum absolute atomic E-state index is 0.242. The van der Waals surface area contributed by atoms with Crippen LogP contribution in [-0.2, 0) is 0 Å². The van der Waals surface area contributed by atoms with Gasteiger partial charge in [-0.3, -0.25) is 0 Å². The van der Waals surface area contributed by atoms with Crippen LogP contribution in [-0.4, -0.2) is 11.6 Å². The molecule has 1 unspecified atom stereocenters. The second kappa shape index (κ2) is 7.29. The molecule has 0 saturated heterocycles. The quantitative estimate of drug-likeness (QED) is 0.823. The number of ether oxygens (including phenoxy) is 1. The minimum Gasteiger partial charge on any atom is -0.476 e. The van der Waals surface area contributed by atoms with Gasteiger partial charge in [0.2, 0.25) is 5.88 Å². The van der Waals surface area contributed by atoms with E-state index in [0.29, 0.717) is 12.5 Å². The normalized spacial score (nSPS) is 11.9. The van der Waals surface area contributed by atoms with Crippen molar-refractivity contribution in [3.8, 4) is 5.88 Å². The van der Waals surface area contributed by atoms with Crippen LogP contribution in [0, 0.1) is 0 Å². The Morgan fingerprint density at radius 3 is 2.60 bits per heavy atom. The Balaban J connectivity index is 2.20. The molecule has 1 aromatic heterocycles. The standard InChI is InChI=1S/C16H19BrN2O/c1-3-14(12-7-9-13(17)10-8-12)19-15-6-5-11-18-16(15)20-4-2/h5-11,14,19H,3-4H2,1-2H3. The van der Waals surface area contributed by atoms with Crippen molar-refractivity contribution < 1.29 is 4.74 Å². The van der Waals surface area contributed by atoms with E-state index in [9.17, 15) is 0 Å². The van der Waals surface area contributed by atoms with Gasteiger partial charge < -0.3 is 10.1 Å². The van der Waals surface area contributed by atoms with Crippen LogP contribution in [0.15, 0.2) is 47.1 Å². The lowest BCUT2D eigenvalue weighted by molar-refractivity contribution is 0.328. The largest absolute Gasteiger partial charge is 0.476 e. The summed E-state index contributed by atoms with van der Waals surface area (Å²) in [4.78, 5) is 4.27. The number of aromatic nitrogens is 1. The highest BCUT2D eigenvalue weighted by molar-refractivity contribution is 9.10. The van der Waals surface area contributed by atoms with Crippen molar-refractivity contribution in [1.82, 2.24) is 4.98 Å². The molecule has 0 spiro atoms. The third-order valence-electron chi connectivity index (χ3n) is 3.06. The highest BCUT2D eigenvalue weighted by Gasteiger charge is 2.12. The summed E-state index contributed by atoms with van der Waals surface area (Å²) in [6.07, 6.45) is 2.73. The molecule has 3 nitrogen and oxygen atoms in total. The maximum absolute atomic E-state index is 5.56. The lowest BCUT2D eigenvalue weighted by Crippen LogP contribution is -2.11. The van der Waals surface area contributed by atoms with Crippen LogP contribution in [0.1, 0.15) is 31.9 Å². The number of pyridine rings is 1. The van der Waals surface area contributed by atoms with Crippen molar-refractivity contribution >= 4 is 21.6 Å². The van der Waals surface area contributed by atoms with E-state index in [1.54, 1.807) is 6.20 Å². The van der Waals surface area contributed by atoms with Gasteiger partial charge in [0, 0.05) is 10.7 Å². The van der Waals surface area contributed by atoms with Crippen molar-refractivity contribution in [2.45, 2.75) is 26.3 Å². The van der Waals surface area contributed by atoms with E-state index in [1.165, 1.54) is 5.56 Å². The van der Waals surface area contributed by atoms with Crippen LogP contribution in [0.4, 0.5) is 5.69 Å². The summed E-state index contributed by atoms with van der Waals surface area (Å²) in [5.41, 5.74) is 2.19. The third kappa shape index (κ3) is 3.73. The molecule has 0 aliphatic rings. The van der Waals surface area contributed by atoms with Gasteiger partial charge in [0.05, 0.1) is 18.3 Å². The summed E-state index contributed by atoms with van der Waals surface area (Å²) >= 11 is 3.47. The molecule has 1 N–H and O–H groups in total. The molecule has 1 atom stereocenters. The average molecular weight is 335 g/mol. The van der Waals surface area contributed by atoms with E-state index in [1.807, 2.05) is 19.1 Å². The fourth-order valence-electron chi connectivity index (χ4n) is 2.06.